The van der Waals surface area contributed by atoms with Crippen molar-refractivity contribution in [3.8, 4) is 0 Å². The number of pyridine rings is 1. The van der Waals surface area contributed by atoms with E-state index in [2.05, 4.69) is 10.3 Å². The fraction of sp³-hybridized carbons (Fsp3) is 0.400. The number of carbonyl (C=O) groups is 2. The van der Waals surface area contributed by atoms with Crippen LogP contribution < -0.4 is 5.32 Å². The Bertz CT molecular complexity index is 620. The van der Waals surface area contributed by atoms with E-state index in [4.69, 9.17) is 4.74 Å². The molecule has 21 heavy (non-hydrogen) atoms. The molecule has 1 saturated heterocycles. The average molecular weight is 288 g/mol. The molecule has 0 saturated carbocycles. The van der Waals surface area contributed by atoms with Crippen molar-refractivity contribution in [2.75, 3.05) is 5.32 Å². The van der Waals surface area contributed by atoms with Gasteiger partial charge < -0.3 is 15.2 Å². The van der Waals surface area contributed by atoms with Crippen molar-refractivity contribution in [2.24, 2.45) is 11.8 Å². The summed E-state index contributed by atoms with van der Waals surface area (Å²) in [6.45, 7) is 3.75. The quantitative estimate of drug-likeness (QED) is 0.818. The maximum atomic E-state index is 12.4. The molecule has 1 amide bonds. The number of ether oxygens (including phenoxy) is 1. The van der Waals surface area contributed by atoms with Crippen LogP contribution in [-0.2, 0) is 14.3 Å². The Morgan fingerprint density at radius 1 is 1.19 bits per heavy atom. The smallest absolute Gasteiger partial charge is 0.310 e. The van der Waals surface area contributed by atoms with Crippen LogP contribution >= 0.6 is 0 Å². The monoisotopic (exact) mass is 288 g/mol. The highest BCUT2D eigenvalue weighted by Crippen LogP contribution is 2.39. The molecule has 4 unspecified atom stereocenters. The Kier molecular flexibility index (Phi) is 3.25. The van der Waals surface area contributed by atoms with Gasteiger partial charge in [0.15, 0.2) is 0 Å². The molecule has 110 valence electrons. The van der Waals surface area contributed by atoms with Gasteiger partial charge in [-0.3, -0.25) is 9.59 Å². The summed E-state index contributed by atoms with van der Waals surface area (Å²) in [4.78, 5) is 28.0. The van der Waals surface area contributed by atoms with Gasteiger partial charge in [0.05, 0.1) is 18.1 Å². The number of carboxylic acid groups (broad SMARTS) is 1. The van der Waals surface area contributed by atoms with Gasteiger partial charge in [0.2, 0.25) is 5.91 Å². The second kappa shape index (κ2) is 4.96. The van der Waals surface area contributed by atoms with E-state index in [9.17, 15) is 14.7 Å². The second-order valence-corrected chi connectivity index (χ2v) is 5.50. The lowest BCUT2D eigenvalue weighted by Gasteiger charge is -2.20. The molecule has 6 nitrogen and oxygen atoms in total. The molecule has 3 rings (SSSR count). The van der Waals surface area contributed by atoms with E-state index >= 15 is 0 Å². The number of aliphatic carboxylic acids is 1. The van der Waals surface area contributed by atoms with Crippen molar-refractivity contribution in [3.63, 3.8) is 0 Å². The predicted molar refractivity (Wildman–Crippen MR) is 74.8 cm³/mol. The van der Waals surface area contributed by atoms with Crippen molar-refractivity contribution < 1.29 is 19.4 Å². The number of hydrogen-bond donors (Lipinski definition) is 2. The molecule has 3 heterocycles. The maximum Gasteiger partial charge on any atom is 0.310 e. The van der Waals surface area contributed by atoms with E-state index < -0.39 is 30.0 Å². The number of nitrogens with one attached hydrogen (secondary N) is 1. The van der Waals surface area contributed by atoms with Crippen LogP contribution in [-0.4, -0.2) is 34.2 Å². The minimum Gasteiger partial charge on any atom is -0.481 e. The summed E-state index contributed by atoms with van der Waals surface area (Å²) >= 11 is 0. The van der Waals surface area contributed by atoms with E-state index in [-0.39, 0.29) is 5.91 Å². The lowest BCUT2D eigenvalue weighted by Crippen LogP contribution is -2.39. The highest BCUT2D eigenvalue weighted by molar-refractivity contribution is 5.96. The number of carbonyl (C=O) groups excluding carboxylic acids is 1. The van der Waals surface area contributed by atoms with Crippen molar-refractivity contribution >= 4 is 17.7 Å². The third-order valence-electron chi connectivity index (χ3n) is 3.84. The Labute approximate surface area is 121 Å². The first kappa shape index (κ1) is 13.8. The first-order chi connectivity index (χ1) is 9.95. The zero-order valence-electron chi connectivity index (χ0n) is 11.7. The number of anilines is 1. The minimum atomic E-state index is -1.01. The van der Waals surface area contributed by atoms with Crippen LogP contribution in [0.3, 0.4) is 0 Å². The molecule has 0 aliphatic carbocycles. The molecular weight excluding hydrogens is 272 g/mol. The van der Waals surface area contributed by atoms with Crippen molar-refractivity contribution in [3.05, 3.63) is 35.5 Å². The average Bonchev–Trinajstić information content (AvgIpc) is 2.96. The highest BCUT2D eigenvalue weighted by atomic mass is 16.5. The van der Waals surface area contributed by atoms with Gasteiger partial charge >= 0.3 is 5.97 Å². The largest absolute Gasteiger partial charge is 0.481 e. The maximum absolute atomic E-state index is 12.4. The van der Waals surface area contributed by atoms with Crippen LogP contribution in [0.1, 0.15) is 11.3 Å². The summed E-state index contributed by atoms with van der Waals surface area (Å²) < 4.78 is 5.49. The molecule has 2 aliphatic heterocycles. The number of hydrogen-bond acceptors (Lipinski definition) is 4. The molecule has 0 spiro atoms. The Hall–Kier alpha value is -2.21. The molecule has 1 aromatic heterocycles. The normalized spacial score (nSPS) is 29.6. The van der Waals surface area contributed by atoms with E-state index in [1.54, 1.807) is 18.2 Å². The third kappa shape index (κ3) is 2.42. The Balaban J connectivity index is 1.82. The molecule has 6 heteroatoms. The van der Waals surface area contributed by atoms with Crippen LogP contribution in [0.25, 0.3) is 0 Å². The SMILES string of the molecule is Cc1cc(C)nc(NC(=O)C2C3C=CC(O3)C2C(=O)O)c1. The van der Waals surface area contributed by atoms with Crippen LogP contribution in [0.15, 0.2) is 24.3 Å². The summed E-state index contributed by atoms with van der Waals surface area (Å²) in [6.07, 6.45) is 2.48. The van der Waals surface area contributed by atoms with Crippen molar-refractivity contribution in [1.82, 2.24) is 4.98 Å². The summed E-state index contributed by atoms with van der Waals surface area (Å²) in [7, 11) is 0. The molecule has 4 atom stereocenters. The molecule has 2 aliphatic rings. The highest BCUT2D eigenvalue weighted by Gasteiger charge is 2.53. The van der Waals surface area contributed by atoms with E-state index in [1.165, 1.54) is 0 Å². The van der Waals surface area contributed by atoms with Gasteiger partial charge in [-0.2, -0.15) is 0 Å². The fourth-order valence-electron chi connectivity index (χ4n) is 3.03. The lowest BCUT2D eigenvalue weighted by molar-refractivity contribution is -0.145. The molecule has 2 N–H and O–H groups in total. The molecule has 1 fully saturated rings. The van der Waals surface area contributed by atoms with E-state index in [0.29, 0.717) is 5.82 Å². The summed E-state index contributed by atoms with van der Waals surface area (Å²) in [6, 6.07) is 3.66. The number of amides is 1. The second-order valence-electron chi connectivity index (χ2n) is 5.50. The van der Waals surface area contributed by atoms with E-state index in [0.717, 1.165) is 11.3 Å². The standard InChI is InChI=1S/C15H16N2O4/c1-7-5-8(2)16-11(6-7)17-14(18)12-9-3-4-10(21-9)13(12)15(19)20/h3-6,9-10,12-13H,1-2H3,(H,19,20)(H,16,17,18). The molecule has 0 radical (unpaired) electrons. The van der Waals surface area contributed by atoms with Crippen LogP contribution in [0.4, 0.5) is 5.82 Å². The number of carboxylic acids is 1. The molecule has 0 aromatic carbocycles. The van der Waals surface area contributed by atoms with Gasteiger partial charge in [0, 0.05) is 5.69 Å². The van der Waals surface area contributed by atoms with Gasteiger partial charge in [0.25, 0.3) is 0 Å². The summed E-state index contributed by atoms with van der Waals surface area (Å²) in [5.41, 5.74) is 1.78. The fourth-order valence-corrected chi connectivity index (χ4v) is 3.03. The van der Waals surface area contributed by atoms with Gasteiger partial charge in [-0.1, -0.05) is 12.2 Å². The Morgan fingerprint density at radius 2 is 1.86 bits per heavy atom. The van der Waals surface area contributed by atoms with Crippen LogP contribution in [0.2, 0.25) is 0 Å². The zero-order valence-corrected chi connectivity index (χ0v) is 11.7. The number of aryl methyl sites for hydroxylation is 2. The van der Waals surface area contributed by atoms with Crippen LogP contribution in [0.5, 0.6) is 0 Å². The van der Waals surface area contributed by atoms with Gasteiger partial charge in [-0.25, -0.2) is 4.98 Å². The van der Waals surface area contributed by atoms with Crippen molar-refractivity contribution in [2.45, 2.75) is 26.1 Å². The topological polar surface area (TPSA) is 88.5 Å². The number of fused-ring (bicyclic) bond motifs is 2. The first-order valence-electron chi connectivity index (χ1n) is 6.78. The summed E-state index contributed by atoms with van der Waals surface area (Å²) in [5, 5.41) is 12.0. The van der Waals surface area contributed by atoms with Crippen molar-refractivity contribution in [1.29, 1.82) is 0 Å². The zero-order chi connectivity index (χ0) is 15.1. The van der Waals surface area contributed by atoms with E-state index in [1.807, 2.05) is 19.9 Å². The minimum absolute atomic E-state index is 0.364. The summed E-state index contributed by atoms with van der Waals surface area (Å²) in [5.74, 6) is -2.50. The molecule has 2 bridgehead atoms. The molecular formula is C15H16N2O4. The Morgan fingerprint density at radius 3 is 2.48 bits per heavy atom. The van der Waals surface area contributed by atoms with Crippen LogP contribution in [0, 0.1) is 25.7 Å². The number of aromatic nitrogens is 1. The molecule has 1 aromatic rings. The number of nitrogens with zero attached hydrogens (tertiary/aromatic N) is 1. The lowest BCUT2D eigenvalue weighted by atomic mass is 9.82. The van der Waals surface area contributed by atoms with Gasteiger partial charge in [-0.15, -0.1) is 0 Å². The van der Waals surface area contributed by atoms with Gasteiger partial charge in [-0.05, 0) is 31.5 Å². The predicted octanol–water partition coefficient (Wildman–Crippen LogP) is 1.29. The first-order valence-corrected chi connectivity index (χ1v) is 6.78. The number of rotatable bonds is 3. The third-order valence-corrected chi connectivity index (χ3v) is 3.84. The van der Waals surface area contributed by atoms with Gasteiger partial charge in [0.1, 0.15) is 11.7 Å².